The molecule has 0 spiro atoms. The molecule has 0 unspecified atom stereocenters. The molecule has 1 heterocycles. The fraction of sp³-hybridized carbons (Fsp3) is 0.0526. The fourth-order valence-corrected chi connectivity index (χ4v) is 2.79. The molecule has 0 fully saturated rings. The van der Waals surface area contributed by atoms with E-state index in [1.54, 1.807) is 24.4 Å². The van der Waals surface area contributed by atoms with Gasteiger partial charge in [0.05, 0.1) is 26.7 Å². The van der Waals surface area contributed by atoms with Crippen molar-refractivity contribution in [3.05, 3.63) is 71.9 Å². The molecule has 0 aliphatic carbocycles. The normalized spacial score (nSPS) is 10.4. The first-order valence-electron chi connectivity index (χ1n) is 7.64. The maximum atomic E-state index is 8.91. The first-order valence-corrected chi connectivity index (χ1v) is 9.47. The number of rotatable bonds is 5. The Hall–Kier alpha value is -2.56. The summed E-state index contributed by atoms with van der Waals surface area (Å²) in [6, 6.07) is 18.4. The molecule has 0 atom stereocenters. The van der Waals surface area contributed by atoms with Gasteiger partial charge in [-0.1, -0.05) is 37.9 Å². The molecule has 0 saturated heterocycles. The van der Waals surface area contributed by atoms with Crippen LogP contribution in [0.4, 0.5) is 17.1 Å². The van der Waals surface area contributed by atoms with Crippen molar-refractivity contribution in [3.8, 4) is 17.7 Å². The van der Waals surface area contributed by atoms with Gasteiger partial charge >= 0.3 is 0 Å². The third-order valence-electron chi connectivity index (χ3n) is 3.56. The molecule has 7 heteroatoms. The highest BCUT2D eigenvalue weighted by molar-refractivity contribution is 9.24. The minimum atomic E-state index is -0.0665. The van der Waals surface area contributed by atoms with Crippen LogP contribution >= 0.6 is 31.9 Å². The van der Waals surface area contributed by atoms with Gasteiger partial charge in [0, 0.05) is 18.0 Å². The van der Waals surface area contributed by atoms with E-state index in [4.69, 9.17) is 15.7 Å². The van der Waals surface area contributed by atoms with Crippen LogP contribution in [0.1, 0.15) is 14.9 Å². The molecule has 2 aromatic carbocycles. The van der Waals surface area contributed by atoms with Crippen LogP contribution in [0.3, 0.4) is 0 Å². The summed E-state index contributed by atoms with van der Waals surface area (Å²) < 4.78 is 5.79. The first kappa shape index (κ1) is 18.2. The number of aromatic nitrogens is 1. The summed E-state index contributed by atoms with van der Waals surface area (Å²) in [4.78, 5) is 4.17. The Kier molecular flexibility index (Phi) is 5.76. The summed E-state index contributed by atoms with van der Waals surface area (Å²) in [7, 11) is 0. The van der Waals surface area contributed by atoms with E-state index in [0.717, 1.165) is 11.3 Å². The number of benzene rings is 2. The first-order chi connectivity index (χ1) is 12.6. The largest absolute Gasteiger partial charge is 0.437 e. The van der Waals surface area contributed by atoms with E-state index in [0.29, 0.717) is 28.6 Å². The molecular formula is C19H14Br2N4O. The number of hydrogen-bond donors (Lipinski definition) is 2. The zero-order valence-electron chi connectivity index (χ0n) is 13.5. The third-order valence-corrected chi connectivity index (χ3v) is 4.62. The van der Waals surface area contributed by atoms with Crippen LogP contribution in [0, 0.1) is 11.3 Å². The minimum Gasteiger partial charge on any atom is -0.437 e. The number of hydrogen-bond acceptors (Lipinski definition) is 5. The predicted molar refractivity (Wildman–Crippen MR) is 110 cm³/mol. The molecule has 5 nitrogen and oxygen atoms in total. The monoisotopic (exact) mass is 472 g/mol. The Labute approximate surface area is 168 Å². The molecule has 0 radical (unpaired) electrons. The standard InChI is InChI=1S/C19H14Br2N4O/c20-19(21)13-9-15(25-14-6-4-12(11-22)5-7-14)18(23)16(10-13)26-17-3-1-2-8-24-17/h1-10,19,25H,23H2. The summed E-state index contributed by atoms with van der Waals surface area (Å²) in [5.41, 5.74) is 9.81. The van der Waals surface area contributed by atoms with Crippen molar-refractivity contribution < 1.29 is 4.74 Å². The van der Waals surface area contributed by atoms with E-state index < -0.39 is 0 Å². The van der Waals surface area contributed by atoms with Crippen LogP contribution in [0.25, 0.3) is 0 Å². The van der Waals surface area contributed by atoms with Gasteiger partial charge in [0.15, 0.2) is 5.75 Å². The maximum absolute atomic E-state index is 8.91. The van der Waals surface area contributed by atoms with Gasteiger partial charge in [-0.15, -0.1) is 0 Å². The van der Waals surface area contributed by atoms with Crippen molar-refractivity contribution in [2.75, 3.05) is 11.1 Å². The molecule has 0 aliphatic heterocycles. The van der Waals surface area contributed by atoms with Gasteiger partial charge in [-0.05, 0) is 48.0 Å². The number of anilines is 3. The van der Waals surface area contributed by atoms with Gasteiger partial charge in [-0.2, -0.15) is 5.26 Å². The number of nitrogens with two attached hydrogens (primary N) is 1. The number of nitrogens with zero attached hydrogens (tertiary/aromatic N) is 2. The van der Waals surface area contributed by atoms with Crippen LogP contribution in [0.15, 0.2) is 60.8 Å². The zero-order chi connectivity index (χ0) is 18.5. The van der Waals surface area contributed by atoms with Crippen molar-refractivity contribution >= 4 is 48.9 Å². The Bertz CT molecular complexity index is 938. The summed E-state index contributed by atoms with van der Waals surface area (Å²) >= 11 is 7.01. The fourth-order valence-electron chi connectivity index (χ4n) is 2.27. The van der Waals surface area contributed by atoms with Gasteiger partial charge in [0.2, 0.25) is 5.88 Å². The van der Waals surface area contributed by atoms with Crippen molar-refractivity contribution in [2.24, 2.45) is 0 Å². The van der Waals surface area contributed by atoms with Gasteiger partial charge in [0.25, 0.3) is 0 Å². The van der Waals surface area contributed by atoms with E-state index in [2.05, 4.69) is 48.2 Å². The number of nitriles is 1. The Morgan fingerprint density at radius 2 is 1.88 bits per heavy atom. The number of ether oxygens (including phenoxy) is 1. The second kappa shape index (κ2) is 8.21. The quantitative estimate of drug-likeness (QED) is 0.358. The molecule has 3 N–H and O–H groups in total. The molecule has 0 bridgehead atoms. The van der Waals surface area contributed by atoms with Gasteiger partial charge < -0.3 is 15.8 Å². The lowest BCUT2D eigenvalue weighted by atomic mass is 10.1. The average Bonchev–Trinajstić information content (AvgIpc) is 2.66. The molecule has 1 aromatic heterocycles. The van der Waals surface area contributed by atoms with E-state index in [-0.39, 0.29) is 3.74 Å². The van der Waals surface area contributed by atoms with Crippen molar-refractivity contribution in [3.63, 3.8) is 0 Å². The Balaban J connectivity index is 1.96. The SMILES string of the molecule is N#Cc1ccc(Nc2cc(C(Br)Br)cc(Oc3ccccn3)c2N)cc1. The van der Waals surface area contributed by atoms with Crippen LogP contribution in [-0.4, -0.2) is 4.98 Å². The molecule has 3 aromatic rings. The van der Waals surface area contributed by atoms with E-state index in [1.807, 2.05) is 36.4 Å². The lowest BCUT2D eigenvalue weighted by Gasteiger charge is -2.16. The highest BCUT2D eigenvalue weighted by Crippen LogP contribution is 2.40. The highest BCUT2D eigenvalue weighted by Gasteiger charge is 2.14. The van der Waals surface area contributed by atoms with Gasteiger partial charge in [0.1, 0.15) is 0 Å². The van der Waals surface area contributed by atoms with Crippen molar-refractivity contribution in [1.29, 1.82) is 5.26 Å². The second-order valence-corrected chi connectivity index (χ2v) is 8.43. The second-order valence-electron chi connectivity index (χ2n) is 5.37. The van der Waals surface area contributed by atoms with Crippen LogP contribution in [0.2, 0.25) is 0 Å². The summed E-state index contributed by atoms with van der Waals surface area (Å²) in [6.45, 7) is 0. The lowest BCUT2D eigenvalue weighted by molar-refractivity contribution is 0.465. The highest BCUT2D eigenvalue weighted by atomic mass is 79.9. The smallest absolute Gasteiger partial charge is 0.219 e. The number of nitrogen functional groups attached to an aromatic ring is 1. The van der Waals surface area contributed by atoms with Crippen LogP contribution in [0.5, 0.6) is 11.6 Å². The van der Waals surface area contributed by atoms with Crippen LogP contribution in [-0.2, 0) is 0 Å². The molecule has 26 heavy (non-hydrogen) atoms. The molecule has 130 valence electrons. The van der Waals surface area contributed by atoms with E-state index >= 15 is 0 Å². The maximum Gasteiger partial charge on any atom is 0.219 e. The van der Waals surface area contributed by atoms with Crippen molar-refractivity contribution in [2.45, 2.75) is 3.74 Å². The Morgan fingerprint density at radius 1 is 1.12 bits per heavy atom. The predicted octanol–water partition coefficient (Wildman–Crippen LogP) is 5.86. The average molecular weight is 474 g/mol. The lowest BCUT2D eigenvalue weighted by Crippen LogP contribution is -2.01. The number of halogens is 2. The summed E-state index contributed by atoms with van der Waals surface area (Å²) in [6.07, 6.45) is 1.66. The Morgan fingerprint density at radius 3 is 2.50 bits per heavy atom. The topological polar surface area (TPSA) is 84.0 Å². The number of nitrogens with one attached hydrogen (secondary N) is 1. The zero-order valence-corrected chi connectivity index (χ0v) is 16.7. The minimum absolute atomic E-state index is 0.0665. The molecule has 0 saturated carbocycles. The third kappa shape index (κ3) is 4.34. The van der Waals surface area contributed by atoms with Gasteiger partial charge in [-0.3, -0.25) is 0 Å². The molecule has 0 aliphatic rings. The van der Waals surface area contributed by atoms with E-state index in [1.165, 1.54) is 0 Å². The van der Waals surface area contributed by atoms with Gasteiger partial charge in [-0.25, -0.2) is 4.98 Å². The molecule has 3 rings (SSSR count). The summed E-state index contributed by atoms with van der Waals surface area (Å²) in [5, 5.41) is 12.2. The molecular weight excluding hydrogens is 460 g/mol. The van der Waals surface area contributed by atoms with Crippen LogP contribution < -0.4 is 15.8 Å². The number of pyridine rings is 1. The van der Waals surface area contributed by atoms with E-state index in [9.17, 15) is 0 Å². The summed E-state index contributed by atoms with van der Waals surface area (Å²) in [5.74, 6) is 0.961. The number of alkyl halides is 2. The molecule has 0 amide bonds. The van der Waals surface area contributed by atoms with Crippen molar-refractivity contribution in [1.82, 2.24) is 4.98 Å².